The van der Waals surface area contributed by atoms with E-state index in [2.05, 4.69) is 14.9 Å². The zero-order valence-electron chi connectivity index (χ0n) is 11.6. The summed E-state index contributed by atoms with van der Waals surface area (Å²) in [6.45, 7) is 2.46. The zero-order chi connectivity index (χ0) is 15.5. The van der Waals surface area contributed by atoms with E-state index >= 15 is 0 Å². The van der Waals surface area contributed by atoms with Gasteiger partial charge in [-0.1, -0.05) is 41.6 Å². The first-order valence-electron chi connectivity index (χ1n) is 6.18. The van der Waals surface area contributed by atoms with Crippen LogP contribution in [-0.2, 0) is 22.3 Å². The van der Waals surface area contributed by atoms with Crippen LogP contribution < -0.4 is 4.72 Å². The van der Waals surface area contributed by atoms with E-state index < -0.39 is 10.0 Å². The van der Waals surface area contributed by atoms with Crippen molar-refractivity contribution in [3.63, 3.8) is 0 Å². The van der Waals surface area contributed by atoms with E-state index in [-0.39, 0.29) is 5.95 Å². The summed E-state index contributed by atoms with van der Waals surface area (Å²) < 4.78 is 26.6. The second kappa shape index (κ2) is 6.67. The molecule has 6 nitrogen and oxygen atoms in total. The Morgan fingerprint density at radius 2 is 2.05 bits per heavy atom. The number of aromatic nitrogens is 3. The third kappa shape index (κ3) is 4.36. The summed E-state index contributed by atoms with van der Waals surface area (Å²) in [4.78, 5) is 0. The molecule has 2 rings (SSSR count). The van der Waals surface area contributed by atoms with Crippen LogP contribution in [0, 0.1) is 0 Å². The molecule has 0 atom stereocenters. The number of hydrogen-bond donors (Lipinski definition) is 1. The van der Waals surface area contributed by atoms with Gasteiger partial charge in [0.2, 0.25) is 16.0 Å². The van der Waals surface area contributed by atoms with Crippen molar-refractivity contribution in [1.29, 1.82) is 0 Å². The third-order valence-electron chi connectivity index (χ3n) is 2.62. The summed E-state index contributed by atoms with van der Waals surface area (Å²) in [6.07, 6.45) is 1.08. The Bertz CT molecular complexity index is 731. The second-order valence-electron chi connectivity index (χ2n) is 4.30. The second-order valence-corrected chi connectivity index (χ2v) is 7.40. The van der Waals surface area contributed by atoms with Crippen molar-refractivity contribution in [3.05, 3.63) is 34.9 Å². The molecule has 2 aromatic rings. The highest BCUT2D eigenvalue weighted by atomic mass is 35.5. The molecule has 0 saturated carbocycles. The van der Waals surface area contributed by atoms with Gasteiger partial charge in [0.15, 0.2) is 5.16 Å². The first-order valence-corrected chi connectivity index (χ1v) is 9.43. The molecule has 0 aliphatic heterocycles. The van der Waals surface area contributed by atoms with Crippen LogP contribution in [0.2, 0.25) is 5.02 Å². The number of hydrogen-bond acceptors (Lipinski definition) is 5. The van der Waals surface area contributed by atoms with Gasteiger partial charge in [-0.25, -0.2) is 8.42 Å². The summed E-state index contributed by atoms with van der Waals surface area (Å²) >= 11 is 7.56. The van der Waals surface area contributed by atoms with Crippen LogP contribution in [0.25, 0.3) is 0 Å². The van der Waals surface area contributed by atoms with E-state index in [1.807, 2.05) is 31.2 Å². The van der Waals surface area contributed by atoms with Gasteiger partial charge in [0.05, 0.1) is 6.26 Å². The molecule has 0 spiro atoms. The molecule has 0 unspecified atom stereocenters. The zero-order valence-corrected chi connectivity index (χ0v) is 14.0. The summed E-state index contributed by atoms with van der Waals surface area (Å²) in [5, 5.41) is 9.24. The molecular weight excluding hydrogens is 332 g/mol. The predicted octanol–water partition coefficient (Wildman–Crippen LogP) is 2.62. The quantitative estimate of drug-likeness (QED) is 0.813. The standard InChI is InChI=1S/C12H15ClN4O2S2/c1-3-17-11(16-21(2,18)19)14-15-12(17)20-8-9-6-4-5-7-10(9)13/h4-7H,3,8H2,1-2H3,(H,14,16). The summed E-state index contributed by atoms with van der Waals surface area (Å²) in [5.41, 5.74) is 0.993. The molecule has 114 valence electrons. The monoisotopic (exact) mass is 346 g/mol. The van der Waals surface area contributed by atoms with Gasteiger partial charge >= 0.3 is 0 Å². The van der Waals surface area contributed by atoms with E-state index in [0.29, 0.717) is 22.5 Å². The van der Waals surface area contributed by atoms with Crippen LogP contribution in [0.1, 0.15) is 12.5 Å². The Labute approximate surface area is 133 Å². The van der Waals surface area contributed by atoms with Gasteiger partial charge in [-0.2, -0.15) is 0 Å². The van der Waals surface area contributed by atoms with E-state index in [9.17, 15) is 8.42 Å². The van der Waals surface area contributed by atoms with Crippen molar-refractivity contribution >= 4 is 39.3 Å². The molecule has 0 aliphatic carbocycles. The molecule has 9 heteroatoms. The molecule has 0 aliphatic rings. The Kier molecular flexibility index (Phi) is 5.13. The maximum Gasteiger partial charge on any atom is 0.238 e. The van der Waals surface area contributed by atoms with Crippen LogP contribution in [0.15, 0.2) is 29.4 Å². The van der Waals surface area contributed by atoms with Crippen LogP contribution >= 0.6 is 23.4 Å². The van der Waals surface area contributed by atoms with Gasteiger partial charge in [-0.15, -0.1) is 10.2 Å². The smallest absolute Gasteiger partial charge is 0.238 e. The highest BCUT2D eigenvalue weighted by Crippen LogP contribution is 2.27. The van der Waals surface area contributed by atoms with Crippen molar-refractivity contribution in [1.82, 2.24) is 14.8 Å². The molecule has 1 aromatic carbocycles. The number of rotatable bonds is 6. The fourth-order valence-corrected chi connectivity index (χ4v) is 3.45. The van der Waals surface area contributed by atoms with E-state index in [1.165, 1.54) is 11.8 Å². The van der Waals surface area contributed by atoms with Crippen LogP contribution in [0.4, 0.5) is 5.95 Å². The Balaban J connectivity index is 2.16. The first kappa shape index (κ1) is 16.1. The fourth-order valence-electron chi connectivity index (χ4n) is 1.68. The van der Waals surface area contributed by atoms with Crippen molar-refractivity contribution in [2.24, 2.45) is 0 Å². The molecule has 0 saturated heterocycles. The number of halogens is 1. The molecule has 1 N–H and O–H groups in total. The molecule has 0 fully saturated rings. The average Bonchev–Trinajstić information content (AvgIpc) is 2.77. The van der Waals surface area contributed by atoms with Gasteiger partial charge in [0.25, 0.3) is 0 Å². The third-order valence-corrected chi connectivity index (χ3v) is 4.56. The van der Waals surface area contributed by atoms with E-state index in [1.54, 1.807) is 4.57 Å². The highest BCUT2D eigenvalue weighted by Gasteiger charge is 2.14. The molecule has 0 radical (unpaired) electrons. The Morgan fingerprint density at radius 1 is 1.33 bits per heavy atom. The highest BCUT2D eigenvalue weighted by molar-refractivity contribution is 7.98. The lowest BCUT2D eigenvalue weighted by atomic mass is 10.2. The number of anilines is 1. The molecule has 0 amide bonds. The molecule has 0 bridgehead atoms. The largest absolute Gasteiger partial charge is 0.288 e. The normalized spacial score (nSPS) is 11.6. The number of benzene rings is 1. The Morgan fingerprint density at radius 3 is 2.67 bits per heavy atom. The summed E-state index contributed by atoms with van der Waals surface area (Å²) in [7, 11) is -3.37. The fraction of sp³-hybridized carbons (Fsp3) is 0.333. The lowest BCUT2D eigenvalue weighted by Gasteiger charge is -2.08. The molecular formula is C12H15ClN4O2S2. The number of sulfonamides is 1. The van der Waals surface area contributed by atoms with Gasteiger partial charge in [0.1, 0.15) is 0 Å². The average molecular weight is 347 g/mol. The maximum atomic E-state index is 11.3. The molecule has 21 heavy (non-hydrogen) atoms. The lowest BCUT2D eigenvalue weighted by Crippen LogP contribution is -2.14. The Hall–Kier alpha value is -1.25. The van der Waals surface area contributed by atoms with Crippen LogP contribution in [-0.4, -0.2) is 29.4 Å². The SMILES string of the molecule is CCn1c(NS(C)(=O)=O)nnc1SCc1ccccc1Cl. The minimum atomic E-state index is -3.37. The minimum absolute atomic E-state index is 0.224. The van der Waals surface area contributed by atoms with Gasteiger partial charge < -0.3 is 0 Å². The lowest BCUT2D eigenvalue weighted by molar-refractivity contribution is 0.605. The van der Waals surface area contributed by atoms with Gasteiger partial charge in [0, 0.05) is 17.3 Å². The minimum Gasteiger partial charge on any atom is -0.288 e. The number of nitrogens with one attached hydrogen (secondary N) is 1. The molecule has 1 aromatic heterocycles. The van der Waals surface area contributed by atoms with Crippen molar-refractivity contribution in [2.45, 2.75) is 24.4 Å². The van der Waals surface area contributed by atoms with E-state index in [0.717, 1.165) is 11.8 Å². The number of nitrogens with zero attached hydrogens (tertiary/aromatic N) is 3. The van der Waals surface area contributed by atoms with Crippen molar-refractivity contribution < 1.29 is 8.42 Å². The number of thioether (sulfide) groups is 1. The van der Waals surface area contributed by atoms with Crippen LogP contribution in [0.5, 0.6) is 0 Å². The molecule has 1 heterocycles. The van der Waals surface area contributed by atoms with E-state index in [4.69, 9.17) is 11.6 Å². The van der Waals surface area contributed by atoms with Gasteiger partial charge in [-0.3, -0.25) is 9.29 Å². The topological polar surface area (TPSA) is 76.9 Å². The van der Waals surface area contributed by atoms with Crippen molar-refractivity contribution in [2.75, 3.05) is 11.0 Å². The summed E-state index contributed by atoms with van der Waals surface area (Å²) in [6, 6.07) is 7.57. The van der Waals surface area contributed by atoms with Gasteiger partial charge in [-0.05, 0) is 18.6 Å². The maximum absolute atomic E-state index is 11.3. The summed E-state index contributed by atoms with van der Waals surface area (Å²) in [5.74, 6) is 0.859. The van der Waals surface area contributed by atoms with Crippen molar-refractivity contribution in [3.8, 4) is 0 Å². The van der Waals surface area contributed by atoms with Crippen LogP contribution in [0.3, 0.4) is 0 Å². The first-order chi connectivity index (χ1) is 9.90. The predicted molar refractivity (Wildman–Crippen MR) is 85.2 cm³/mol.